The van der Waals surface area contributed by atoms with E-state index in [1.54, 1.807) is 0 Å². The first-order chi connectivity index (χ1) is 16.3. The highest BCUT2D eigenvalue weighted by Gasteiger charge is 2.28. The van der Waals surface area contributed by atoms with Gasteiger partial charge in [0.25, 0.3) is 0 Å². The van der Waals surface area contributed by atoms with Crippen LogP contribution >= 0.6 is 0 Å². The molecule has 34 heavy (non-hydrogen) atoms. The van der Waals surface area contributed by atoms with Crippen LogP contribution in [0, 0.1) is 29.1 Å². The molecular weight excluding hydrogens is 447 g/mol. The highest BCUT2D eigenvalue weighted by atomic mass is 19.2. The Morgan fingerprint density at radius 1 is 0.853 bits per heavy atom. The molecule has 3 aromatic rings. The Morgan fingerprint density at radius 2 is 1.50 bits per heavy atom. The summed E-state index contributed by atoms with van der Waals surface area (Å²) in [5.41, 5.74) is -0.455. The predicted octanol–water partition coefficient (Wildman–Crippen LogP) is 8.42. The van der Waals surface area contributed by atoms with Crippen molar-refractivity contribution in [1.82, 2.24) is 0 Å². The summed E-state index contributed by atoms with van der Waals surface area (Å²) in [5, 5.41) is 0. The van der Waals surface area contributed by atoms with Gasteiger partial charge in [-0.2, -0.15) is 0 Å². The molecule has 1 fully saturated rings. The lowest BCUT2D eigenvalue weighted by atomic mass is 9.88. The van der Waals surface area contributed by atoms with E-state index in [-0.39, 0.29) is 39.8 Å². The Bertz CT molecular complexity index is 1210. The zero-order valence-corrected chi connectivity index (χ0v) is 18.8. The normalized spacial score (nSPS) is 18.2. The van der Waals surface area contributed by atoms with Gasteiger partial charge in [0, 0.05) is 28.2 Å². The molecule has 1 nitrogen and oxygen atoms in total. The molecule has 178 valence electrons. The van der Waals surface area contributed by atoms with Gasteiger partial charge >= 0.3 is 0 Å². The zero-order chi connectivity index (χ0) is 24.4. The average Bonchev–Trinajstić information content (AvgIpc) is 2.84. The third-order valence-electron chi connectivity index (χ3n) is 6.44. The second kappa shape index (κ2) is 10.1. The Morgan fingerprint density at radius 3 is 2.12 bits per heavy atom. The maximum atomic E-state index is 15.0. The molecule has 0 radical (unpaired) electrons. The summed E-state index contributed by atoms with van der Waals surface area (Å²) in [6, 6.07) is 8.98. The molecule has 0 aliphatic carbocycles. The molecule has 0 saturated carbocycles. The lowest BCUT2D eigenvalue weighted by Crippen LogP contribution is -2.25. The van der Waals surface area contributed by atoms with Crippen LogP contribution in [0.25, 0.3) is 28.3 Å². The van der Waals surface area contributed by atoms with Gasteiger partial charge in [-0.3, -0.25) is 0 Å². The Kier molecular flexibility index (Phi) is 7.17. The van der Waals surface area contributed by atoms with Crippen molar-refractivity contribution in [2.75, 3.05) is 6.61 Å². The van der Waals surface area contributed by atoms with Gasteiger partial charge in [0.05, 0.1) is 12.7 Å². The summed E-state index contributed by atoms with van der Waals surface area (Å²) in [7, 11) is 0. The highest BCUT2D eigenvalue weighted by Crippen LogP contribution is 2.37. The molecule has 0 amide bonds. The Balaban J connectivity index is 1.65. The van der Waals surface area contributed by atoms with Crippen LogP contribution in [0.2, 0.25) is 0 Å². The minimum Gasteiger partial charge on any atom is -0.378 e. The van der Waals surface area contributed by atoms with Crippen LogP contribution in [0.4, 0.5) is 22.0 Å². The van der Waals surface area contributed by atoms with E-state index in [0.717, 1.165) is 25.3 Å². The molecule has 0 N–H and O–H groups in total. The maximum Gasteiger partial charge on any atom is 0.167 e. The summed E-state index contributed by atoms with van der Waals surface area (Å²) in [6.07, 6.45) is 4.78. The van der Waals surface area contributed by atoms with Crippen LogP contribution in [0.3, 0.4) is 0 Å². The highest BCUT2D eigenvalue weighted by molar-refractivity contribution is 5.73. The minimum atomic E-state index is -1.33. The molecule has 3 aromatic carbocycles. The van der Waals surface area contributed by atoms with E-state index >= 15 is 4.39 Å². The minimum absolute atomic E-state index is 0.117. The topological polar surface area (TPSA) is 9.23 Å². The van der Waals surface area contributed by atoms with Crippen LogP contribution in [-0.2, 0) is 4.74 Å². The Hall–Kier alpha value is -2.99. The quantitative estimate of drug-likeness (QED) is 0.327. The third-order valence-corrected chi connectivity index (χ3v) is 6.44. The third kappa shape index (κ3) is 4.51. The predicted molar refractivity (Wildman–Crippen MR) is 124 cm³/mol. The first kappa shape index (κ1) is 24.1. The first-order valence-corrected chi connectivity index (χ1v) is 11.4. The van der Waals surface area contributed by atoms with Crippen LogP contribution in [0.15, 0.2) is 49.0 Å². The average molecular weight is 472 g/mol. The molecule has 1 saturated heterocycles. The van der Waals surface area contributed by atoms with Crippen molar-refractivity contribution in [3.05, 3.63) is 89.3 Å². The van der Waals surface area contributed by atoms with Crippen molar-refractivity contribution in [2.45, 2.75) is 44.6 Å². The van der Waals surface area contributed by atoms with Crippen molar-refractivity contribution < 1.29 is 26.7 Å². The van der Waals surface area contributed by atoms with Crippen molar-refractivity contribution in [3.8, 4) is 22.3 Å². The van der Waals surface area contributed by atoms with Gasteiger partial charge in [-0.15, -0.1) is 0 Å². The molecule has 0 aromatic heterocycles. The summed E-state index contributed by atoms with van der Waals surface area (Å²) in [5.74, 6) is -5.84. The SMILES string of the molecule is C=Cc1ccc(-c2ccc(-c3ccc(C4CCC(CCC)OC4)c(F)c3F)c(F)c2F)cc1F. The summed E-state index contributed by atoms with van der Waals surface area (Å²) >= 11 is 0. The molecule has 6 heteroatoms. The zero-order valence-electron chi connectivity index (χ0n) is 18.8. The monoisotopic (exact) mass is 472 g/mol. The van der Waals surface area contributed by atoms with E-state index in [9.17, 15) is 17.6 Å². The van der Waals surface area contributed by atoms with Crippen LogP contribution in [0.5, 0.6) is 0 Å². The number of ether oxygens (including phenoxy) is 1. The fourth-order valence-electron chi connectivity index (χ4n) is 4.53. The smallest absolute Gasteiger partial charge is 0.167 e. The Labute approximate surface area is 195 Å². The number of benzene rings is 3. The lowest BCUT2D eigenvalue weighted by molar-refractivity contribution is -0.00181. The second-order valence-corrected chi connectivity index (χ2v) is 8.58. The molecular formula is C28H25F5O. The van der Waals surface area contributed by atoms with E-state index < -0.39 is 34.6 Å². The van der Waals surface area contributed by atoms with E-state index in [4.69, 9.17) is 4.74 Å². The van der Waals surface area contributed by atoms with Gasteiger partial charge in [0.1, 0.15) is 5.82 Å². The van der Waals surface area contributed by atoms with Crippen LogP contribution in [0.1, 0.15) is 49.7 Å². The number of hydrogen-bond donors (Lipinski definition) is 0. The first-order valence-electron chi connectivity index (χ1n) is 11.4. The van der Waals surface area contributed by atoms with Gasteiger partial charge in [0.15, 0.2) is 23.3 Å². The standard InChI is InChI=1S/C28H25F5O/c1-3-5-19-9-8-18(15-34-19)21-11-13-23(28(33)26(21)31)22-12-10-20(25(30)27(22)32)17-7-6-16(4-2)24(29)14-17/h4,6-7,10-14,18-19H,2-3,5,8-9,15H2,1H3. The van der Waals surface area contributed by atoms with Gasteiger partial charge in [-0.25, -0.2) is 22.0 Å². The van der Waals surface area contributed by atoms with Crippen molar-refractivity contribution in [3.63, 3.8) is 0 Å². The maximum absolute atomic E-state index is 15.0. The molecule has 1 aliphatic heterocycles. The fourth-order valence-corrected chi connectivity index (χ4v) is 4.53. The van der Waals surface area contributed by atoms with Crippen molar-refractivity contribution in [1.29, 1.82) is 0 Å². The van der Waals surface area contributed by atoms with E-state index in [0.29, 0.717) is 13.0 Å². The fraction of sp³-hybridized carbons (Fsp3) is 0.286. The lowest BCUT2D eigenvalue weighted by Gasteiger charge is -2.29. The van der Waals surface area contributed by atoms with E-state index in [1.807, 2.05) is 0 Å². The summed E-state index contributed by atoms with van der Waals surface area (Å²) < 4.78 is 79.7. The molecule has 1 aliphatic rings. The van der Waals surface area contributed by atoms with Crippen LogP contribution < -0.4 is 0 Å². The summed E-state index contributed by atoms with van der Waals surface area (Å²) in [6.45, 7) is 5.84. The van der Waals surface area contributed by atoms with Crippen molar-refractivity contribution in [2.24, 2.45) is 0 Å². The molecule has 4 rings (SSSR count). The number of hydrogen-bond acceptors (Lipinski definition) is 1. The second-order valence-electron chi connectivity index (χ2n) is 8.58. The molecule has 1 heterocycles. The van der Waals surface area contributed by atoms with E-state index in [1.165, 1.54) is 42.5 Å². The van der Waals surface area contributed by atoms with Gasteiger partial charge in [-0.1, -0.05) is 62.4 Å². The number of rotatable bonds is 6. The van der Waals surface area contributed by atoms with Crippen LogP contribution in [-0.4, -0.2) is 12.7 Å². The van der Waals surface area contributed by atoms with Gasteiger partial charge < -0.3 is 4.74 Å². The van der Waals surface area contributed by atoms with Gasteiger partial charge in [0.2, 0.25) is 0 Å². The number of halogens is 5. The molecule has 0 spiro atoms. The van der Waals surface area contributed by atoms with Crippen molar-refractivity contribution >= 4 is 6.08 Å². The largest absolute Gasteiger partial charge is 0.378 e. The summed E-state index contributed by atoms with van der Waals surface area (Å²) in [4.78, 5) is 0. The molecule has 2 unspecified atom stereocenters. The molecule has 2 atom stereocenters. The van der Waals surface area contributed by atoms with E-state index in [2.05, 4.69) is 13.5 Å². The molecule has 0 bridgehead atoms. The van der Waals surface area contributed by atoms with Gasteiger partial charge in [-0.05, 0) is 36.5 Å².